The average Bonchev–Trinajstić information content (AvgIpc) is 2.03. The highest BCUT2D eigenvalue weighted by atomic mass is 16.5. The van der Waals surface area contributed by atoms with Gasteiger partial charge in [-0.25, -0.2) is 0 Å². The number of aliphatic hydroxyl groups is 1. The lowest BCUT2D eigenvalue weighted by Crippen LogP contribution is -2.52. The molecule has 1 amide bonds. The quantitative estimate of drug-likeness (QED) is 0.691. The number of amides is 1. The Hall–Kier alpha value is -0.610. The maximum absolute atomic E-state index is 11.7. The van der Waals surface area contributed by atoms with Crippen molar-refractivity contribution < 1.29 is 14.6 Å². The molecular weight excluding hydrogens is 182 g/mol. The van der Waals surface area contributed by atoms with Crippen LogP contribution in [0.4, 0.5) is 0 Å². The Morgan fingerprint density at radius 1 is 1.36 bits per heavy atom. The first-order valence-electron chi connectivity index (χ1n) is 4.74. The zero-order valence-electron chi connectivity index (χ0n) is 9.68. The van der Waals surface area contributed by atoms with E-state index < -0.39 is 11.1 Å². The van der Waals surface area contributed by atoms with Crippen LogP contribution in [0.2, 0.25) is 0 Å². The Bertz CT molecular complexity index is 200. The number of hydrogen-bond acceptors (Lipinski definition) is 3. The standard InChI is InChI=1S/C10H21NO3/c1-9(2,6-7-12)11-8(13)10(3,4)14-5/h12H,6-7H2,1-5H3,(H,11,13). The van der Waals surface area contributed by atoms with Crippen molar-refractivity contribution in [3.05, 3.63) is 0 Å². The minimum atomic E-state index is -0.827. The number of carbonyl (C=O) groups excluding carboxylic acids is 1. The topological polar surface area (TPSA) is 58.6 Å². The Labute approximate surface area is 85.6 Å². The molecule has 0 aliphatic heterocycles. The maximum Gasteiger partial charge on any atom is 0.252 e. The summed E-state index contributed by atoms with van der Waals surface area (Å²) in [6.07, 6.45) is 0.526. The number of aliphatic hydroxyl groups excluding tert-OH is 1. The van der Waals surface area contributed by atoms with Crippen molar-refractivity contribution in [2.24, 2.45) is 0 Å². The van der Waals surface area contributed by atoms with Crippen molar-refractivity contribution >= 4 is 5.91 Å². The van der Waals surface area contributed by atoms with Gasteiger partial charge in [-0.2, -0.15) is 0 Å². The summed E-state index contributed by atoms with van der Waals surface area (Å²) in [5, 5.41) is 11.6. The number of ether oxygens (including phenoxy) is 1. The van der Waals surface area contributed by atoms with Crippen molar-refractivity contribution in [2.45, 2.75) is 45.3 Å². The van der Waals surface area contributed by atoms with Crippen LogP contribution in [-0.2, 0) is 9.53 Å². The van der Waals surface area contributed by atoms with Crippen LogP contribution in [-0.4, -0.2) is 35.9 Å². The molecule has 0 unspecified atom stereocenters. The van der Waals surface area contributed by atoms with Gasteiger partial charge in [-0.3, -0.25) is 4.79 Å². The molecule has 0 rings (SSSR count). The summed E-state index contributed by atoms with van der Waals surface area (Å²) in [7, 11) is 1.50. The number of nitrogens with one attached hydrogen (secondary N) is 1. The van der Waals surface area contributed by atoms with E-state index in [-0.39, 0.29) is 12.5 Å². The van der Waals surface area contributed by atoms with Gasteiger partial charge < -0.3 is 15.2 Å². The summed E-state index contributed by atoms with van der Waals surface area (Å²) in [5.74, 6) is -0.168. The Morgan fingerprint density at radius 3 is 2.21 bits per heavy atom. The van der Waals surface area contributed by atoms with Crippen molar-refractivity contribution in [1.29, 1.82) is 0 Å². The molecule has 0 saturated carbocycles. The van der Waals surface area contributed by atoms with Crippen LogP contribution in [0.15, 0.2) is 0 Å². The highest BCUT2D eigenvalue weighted by molar-refractivity contribution is 5.84. The predicted molar refractivity (Wildman–Crippen MR) is 55.0 cm³/mol. The van der Waals surface area contributed by atoms with Gasteiger partial charge in [0.15, 0.2) is 0 Å². The van der Waals surface area contributed by atoms with Crippen molar-refractivity contribution in [3.8, 4) is 0 Å². The van der Waals surface area contributed by atoms with Gasteiger partial charge in [0.25, 0.3) is 5.91 Å². The van der Waals surface area contributed by atoms with E-state index in [9.17, 15) is 4.79 Å². The molecule has 0 spiro atoms. The third-order valence-corrected chi connectivity index (χ3v) is 2.25. The first kappa shape index (κ1) is 13.4. The molecule has 4 nitrogen and oxygen atoms in total. The second-order valence-electron chi connectivity index (χ2n) is 4.53. The first-order chi connectivity index (χ1) is 6.25. The summed E-state index contributed by atoms with van der Waals surface area (Å²) in [6, 6.07) is 0. The summed E-state index contributed by atoms with van der Waals surface area (Å²) in [5.41, 5.74) is -1.23. The molecule has 0 aliphatic carbocycles. The molecule has 0 heterocycles. The monoisotopic (exact) mass is 203 g/mol. The van der Waals surface area contributed by atoms with E-state index in [4.69, 9.17) is 9.84 Å². The Kier molecular flexibility index (Phi) is 4.55. The van der Waals surface area contributed by atoms with Crippen LogP contribution in [0.5, 0.6) is 0 Å². The van der Waals surface area contributed by atoms with Gasteiger partial charge in [-0.1, -0.05) is 0 Å². The van der Waals surface area contributed by atoms with Gasteiger partial charge in [0.05, 0.1) is 0 Å². The van der Waals surface area contributed by atoms with E-state index in [0.29, 0.717) is 6.42 Å². The van der Waals surface area contributed by atoms with Crippen LogP contribution in [0, 0.1) is 0 Å². The molecule has 0 bridgehead atoms. The molecule has 0 fully saturated rings. The highest BCUT2D eigenvalue weighted by Gasteiger charge is 2.31. The van der Waals surface area contributed by atoms with Gasteiger partial charge >= 0.3 is 0 Å². The van der Waals surface area contributed by atoms with E-state index in [1.54, 1.807) is 13.8 Å². The zero-order chi connectivity index (χ0) is 11.4. The second kappa shape index (κ2) is 4.75. The number of carbonyl (C=O) groups is 1. The molecule has 0 atom stereocenters. The van der Waals surface area contributed by atoms with E-state index in [0.717, 1.165) is 0 Å². The smallest absolute Gasteiger partial charge is 0.252 e. The molecule has 0 aromatic rings. The van der Waals surface area contributed by atoms with E-state index in [2.05, 4.69) is 5.32 Å². The van der Waals surface area contributed by atoms with Crippen molar-refractivity contribution in [3.63, 3.8) is 0 Å². The number of methoxy groups -OCH3 is 1. The van der Waals surface area contributed by atoms with E-state index in [1.165, 1.54) is 7.11 Å². The summed E-state index contributed by atoms with van der Waals surface area (Å²) in [4.78, 5) is 11.7. The molecule has 84 valence electrons. The lowest BCUT2D eigenvalue weighted by Gasteiger charge is -2.30. The van der Waals surface area contributed by atoms with Gasteiger partial charge in [-0.15, -0.1) is 0 Å². The molecule has 0 saturated heterocycles. The molecule has 2 N–H and O–H groups in total. The van der Waals surface area contributed by atoms with Crippen LogP contribution >= 0.6 is 0 Å². The van der Waals surface area contributed by atoms with Gasteiger partial charge in [-0.05, 0) is 34.1 Å². The third kappa shape index (κ3) is 4.07. The van der Waals surface area contributed by atoms with Crippen LogP contribution in [0.3, 0.4) is 0 Å². The summed E-state index contributed by atoms with van der Waals surface area (Å²) < 4.78 is 5.05. The van der Waals surface area contributed by atoms with E-state index in [1.807, 2.05) is 13.8 Å². The molecule has 0 aromatic heterocycles. The molecule has 0 aliphatic rings. The van der Waals surface area contributed by atoms with Crippen LogP contribution in [0.1, 0.15) is 34.1 Å². The number of rotatable bonds is 5. The zero-order valence-corrected chi connectivity index (χ0v) is 9.68. The third-order valence-electron chi connectivity index (χ3n) is 2.25. The Morgan fingerprint density at radius 2 is 1.86 bits per heavy atom. The van der Waals surface area contributed by atoms with Gasteiger partial charge in [0.1, 0.15) is 5.60 Å². The minimum absolute atomic E-state index is 0.0562. The first-order valence-corrected chi connectivity index (χ1v) is 4.74. The largest absolute Gasteiger partial charge is 0.396 e. The summed E-state index contributed by atoms with van der Waals surface area (Å²) >= 11 is 0. The fraction of sp³-hybridized carbons (Fsp3) is 0.900. The van der Waals surface area contributed by atoms with E-state index >= 15 is 0 Å². The molecule has 14 heavy (non-hydrogen) atoms. The van der Waals surface area contributed by atoms with Gasteiger partial charge in [0.2, 0.25) is 0 Å². The fourth-order valence-electron chi connectivity index (χ4n) is 0.893. The molecule has 0 radical (unpaired) electrons. The average molecular weight is 203 g/mol. The second-order valence-corrected chi connectivity index (χ2v) is 4.53. The highest BCUT2D eigenvalue weighted by Crippen LogP contribution is 2.13. The number of hydrogen-bond donors (Lipinski definition) is 2. The van der Waals surface area contributed by atoms with Crippen molar-refractivity contribution in [2.75, 3.05) is 13.7 Å². The maximum atomic E-state index is 11.7. The lowest BCUT2D eigenvalue weighted by atomic mass is 9.99. The molecule has 0 aromatic carbocycles. The lowest BCUT2D eigenvalue weighted by molar-refractivity contribution is -0.141. The SMILES string of the molecule is COC(C)(C)C(=O)NC(C)(C)CCO. The normalized spacial score (nSPS) is 12.7. The molecular formula is C10H21NO3. The van der Waals surface area contributed by atoms with Crippen LogP contribution in [0.25, 0.3) is 0 Å². The van der Waals surface area contributed by atoms with Crippen LogP contribution < -0.4 is 5.32 Å². The summed E-state index contributed by atoms with van der Waals surface area (Å²) in [6.45, 7) is 7.20. The predicted octanol–water partition coefficient (Wildman–Crippen LogP) is 0.689. The molecule has 4 heteroatoms. The Balaban J connectivity index is 4.31. The minimum Gasteiger partial charge on any atom is -0.396 e. The van der Waals surface area contributed by atoms with Crippen molar-refractivity contribution in [1.82, 2.24) is 5.32 Å². The van der Waals surface area contributed by atoms with Gasteiger partial charge in [0, 0.05) is 19.3 Å². The fourth-order valence-corrected chi connectivity index (χ4v) is 0.893.